The fraction of sp³-hybridized carbons (Fsp3) is 1.00. The van der Waals surface area contributed by atoms with E-state index in [1.165, 1.54) is 0 Å². The smallest absolute Gasteiger partial charge is 0.0776 e. The standard InChI is InChI=1S/2CH4.2H2O.H3P/h2*1H4;2*1H2;1H3. The lowest BCUT2D eigenvalue weighted by atomic mass is 12.0. The molecule has 5 heavy (non-hydrogen) atoms. The molecule has 0 aromatic rings. The van der Waals surface area contributed by atoms with Crippen LogP contribution in [0.2, 0.25) is 0 Å². The van der Waals surface area contributed by atoms with Gasteiger partial charge in [0.2, 0.25) is 0 Å². The average molecular weight is 102 g/mol. The Labute approximate surface area is 36.8 Å². The van der Waals surface area contributed by atoms with Crippen molar-refractivity contribution < 1.29 is 11.0 Å². The topological polar surface area (TPSA) is 63.0 Å². The molecule has 1 atom stereocenters. The molecule has 4 N–H and O–H groups in total. The Hall–Kier alpha value is 0.350. The van der Waals surface area contributed by atoms with Crippen LogP contribution in [0, 0.1) is 0 Å². The first kappa shape index (κ1) is 826. The molecule has 40 valence electrons. The first-order valence-corrected chi connectivity index (χ1v) is 0. The predicted octanol–water partition coefficient (Wildman–Crippen LogP) is -0.319. The Bertz CT molecular complexity index is 7.61. The maximum atomic E-state index is 0. The Morgan fingerprint density at radius 2 is 0.600 bits per heavy atom. The van der Waals surface area contributed by atoms with Gasteiger partial charge in [-0.1, -0.05) is 14.9 Å². The maximum absolute atomic E-state index is 0. The van der Waals surface area contributed by atoms with Crippen LogP contribution in [-0.4, -0.2) is 11.0 Å². The van der Waals surface area contributed by atoms with Gasteiger partial charge in [0.25, 0.3) is 0 Å². The fourth-order valence-corrected chi connectivity index (χ4v) is 0. The lowest BCUT2D eigenvalue weighted by Gasteiger charge is -0.413. The third kappa shape index (κ3) is 196. The molecule has 0 saturated carbocycles. The molecule has 0 amide bonds. The summed E-state index contributed by atoms with van der Waals surface area (Å²) in [5, 5.41) is 0. The van der Waals surface area contributed by atoms with Crippen LogP contribution in [0.3, 0.4) is 0 Å². The van der Waals surface area contributed by atoms with Crippen molar-refractivity contribution in [2.45, 2.75) is 14.9 Å². The van der Waals surface area contributed by atoms with Gasteiger partial charge in [-0.15, -0.1) is 0 Å². The van der Waals surface area contributed by atoms with Crippen molar-refractivity contribution in [1.29, 1.82) is 0 Å². The molecule has 0 fully saturated rings. The van der Waals surface area contributed by atoms with Gasteiger partial charge in [0, 0.05) is 0 Å². The van der Waals surface area contributed by atoms with E-state index in [1.54, 1.807) is 0 Å². The second-order valence-corrected chi connectivity index (χ2v) is 0. The van der Waals surface area contributed by atoms with Gasteiger partial charge in [-0.2, -0.15) is 9.90 Å². The zero-order valence-corrected chi connectivity index (χ0v) is 3.12. The number of rotatable bonds is 0. The molecule has 1 unspecified atom stereocenters. The third-order valence-corrected chi connectivity index (χ3v) is 0. The van der Waals surface area contributed by atoms with Crippen molar-refractivity contribution in [2.75, 3.05) is 0 Å². The molecule has 0 aliphatic heterocycles. The summed E-state index contributed by atoms with van der Waals surface area (Å²) in [7, 11) is 0. The zero-order chi connectivity index (χ0) is 0. The summed E-state index contributed by atoms with van der Waals surface area (Å²) < 4.78 is 0. The minimum Gasteiger partial charge on any atom is -0.412 e. The molecule has 0 aliphatic rings. The lowest BCUT2D eigenvalue weighted by Crippen LogP contribution is -0.290. The molecular weight excluding hydrogens is 87.0 g/mol. The van der Waals surface area contributed by atoms with Gasteiger partial charge in [-0.05, 0) is 0 Å². The summed E-state index contributed by atoms with van der Waals surface area (Å²) in [6, 6.07) is 0. The van der Waals surface area contributed by atoms with Gasteiger partial charge in [0.05, 0.1) is 0 Å². The van der Waals surface area contributed by atoms with Crippen LogP contribution < -0.4 is 0 Å². The number of hydrogen-bond donors (Lipinski definition) is 0. The summed E-state index contributed by atoms with van der Waals surface area (Å²) >= 11 is 0. The van der Waals surface area contributed by atoms with Crippen molar-refractivity contribution in [3.63, 3.8) is 0 Å². The zero-order valence-electron chi connectivity index (χ0n) is 1.71. The molecule has 3 heteroatoms. The normalized spacial score (nSPS) is 0. The molecule has 0 saturated heterocycles. The van der Waals surface area contributed by atoms with Crippen LogP contribution in [0.1, 0.15) is 14.9 Å². The lowest BCUT2D eigenvalue weighted by molar-refractivity contribution is 0.823. The second-order valence-electron chi connectivity index (χ2n) is 0. The average Bonchev–Trinajstić information content (AvgIpc) is 0. The molecule has 0 radical (unpaired) electrons. The van der Waals surface area contributed by atoms with Crippen LogP contribution in [0.15, 0.2) is 0 Å². The van der Waals surface area contributed by atoms with Gasteiger partial charge >= 0.3 is 0 Å². The Morgan fingerprint density at radius 1 is 0.600 bits per heavy atom. The molecule has 0 aromatic carbocycles. The summed E-state index contributed by atoms with van der Waals surface area (Å²) in [6.07, 6.45) is 0. The van der Waals surface area contributed by atoms with E-state index in [0.29, 0.717) is 0 Å². The highest BCUT2D eigenvalue weighted by atomic mass is 31.0. The van der Waals surface area contributed by atoms with Gasteiger partial charge < -0.3 is 11.0 Å². The molecule has 0 heterocycles. The van der Waals surface area contributed by atoms with Crippen LogP contribution in [0.4, 0.5) is 0 Å². The van der Waals surface area contributed by atoms with Crippen molar-refractivity contribution in [3.8, 4) is 0 Å². The van der Waals surface area contributed by atoms with Crippen LogP contribution in [0.5, 0.6) is 0 Å². The van der Waals surface area contributed by atoms with Crippen molar-refractivity contribution >= 4 is 9.90 Å². The second kappa shape index (κ2) is 399. The van der Waals surface area contributed by atoms with Crippen LogP contribution >= 0.6 is 9.90 Å². The Kier molecular flexibility index (Phi) is 65900. The highest BCUT2D eigenvalue weighted by molar-refractivity contribution is 6.92. The van der Waals surface area contributed by atoms with E-state index in [2.05, 4.69) is 0 Å². The van der Waals surface area contributed by atoms with E-state index < -0.39 is 0 Å². The Balaban J connectivity index is 0. The van der Waals surface area contributed by atoms with Gasteiger partial charge in [-0.3, -0.25) is 0 Å². The molecule has 0 bridgehead atoms. The van der Waals surface area contributed by atoms with Crippen molar-refractivity contribution in [2.24, 2.45) is 0 Å². The molecule has 0 aliphatic carbocycles. The predicted molar refractivity (Wildman–Crippen MR) is 31.8 cm³/mol. The SMILES string of the molecule is C.C.O.O.P. The minimum atomic E-state index is 0. The Morgan fingerprint density at radius 3 is 0.600 bits per heavy atom. The molecule has 0 aromatic heterocycles. The first-order valence-electron chi connectivity index (χ1n) is 0. The summed E-state index contributed by atoms with van der Waals surface area (Å²) in [4.78, 5) is 0. The van der Waals surface area contributed by atoms with Crippen LogP contribution in [0.25, 0.3) is 0 Å². The molecule has 0 rings (SSSR count). The van der Waals surface area contributed by atoms with E-state index in [9.17, 15) is 0 Å². The summed E-state index contributed by atoms with van der Waals surface area (Å²) in [5.41, 5.74) is 0. The first-order chi connectivity index (χ1) is 0. The van der Waals surface area contributed by atoms with E-state index in [0.717, 1.165) is 0 Å². The highest BCUT2D eigenvalue weighted by Crippen LogP contribution is 0.861. The monoisotopic (exact) mass is 102 g/mol. The van der Waals surface area contributed by atoms with E-state index in [1.807, 2.05) is 0 Å². The third-order valence-electron chi connectivity index (χ3n) is 0. The molecule has 2 nitrogen and oxygen atoms in total. The number of hydrogen-bond acceptors (Lipinski definition) is 0. The quantitative estimate of drug-likeness (QED) is 0.376. The van der Waals surface area contributed by atoms with E-state index >= 15 is 0 Å². The van der Waals surface area contributed by atoms with Gasteiger partial charge in [0.15, 0.2) is 0 Å². The van der Waals surface area contributed by atoms with Crippen molar-refractivity contribution in [1.82, 2.24) is 0 Å². The maximum Gasteiger partial charge on any atom is -0.0776 e. The summed E-state index contributed by atoms with van der Waals surface area (Å²) in [5.74, 6) is 0. The van der Waals surface area contributed by atoms with E-state index in [4.69, 9.17) is 0 Å². The van der Waals surface area contributed by atoms with Gasteiger partial charge in [-0.25, -0.2) is 0 Å². The fourth-order valence-electron chi connectivity index (χ4n) is 0. The molecular formula is C2H15O2P. The largest absolute Gasteiger partial charge is 0.412 e. The molecule has 0 spiro atoms. The minimum absolute atomic E-state index is 0. The van der Waals surface area contributed by atoms with Crippen LogP contribution in [-0.2, 0) is 0 Å². The van der Waals surface area contributed by atoms with Crippen molar-refractivity contribution in [3.05, 3.63) is 0 Å². The highest BCUT2D eigenvalue weighted by Gasteiger charge is -0.0765. The van der Waals surface area contributed by atoms with E-state index in [-0.39, 0.29) is 35.7 Å². The van der Waals surface area contributed by atoms with Gasteiger partial charge in [0.1, 0.15) is 0 Å². The summed E-state index contributed by atoms with van der Waals surface area (Å²) in [6.45, 7) is 0.